The van der Waals surface area contributed by atoms with Gasteiger partial charge in [-0.05, 0) is 27.7 Å². The van der Waals surface area contributed by atoms with E-state index in [-0.39, 0.29) is 28.6 Å². The molecule has 0 saturated carbocycles. The number of aromatic amines is 1. The minimum atomic E-state index is -3.97. The van der Waals surface area contributed by atoms with Gasteiger partial charge in [-0.3, -0.25) is 5.10 Å². The van der Waals surface area contributed by atoms with Crippen molar-refractivity contribution < 1.29 is 22.5 Å². The number of carbonyl (C=O) groups is 1. The van der Waals surface area contributed by atoms with E-state index in [1.54, 1.807) is 20.8 Å². The third-order valence-corrected chi connectivity index (χ3v) is 4.49. The number of carbonyl (C=O) groups excluding carboxylic acids is 1. The summed E-state index contributed by atoms with van der Waals surface area (Å²) in [7, 11) is -3.97. The van der Waals surface area contributed by atoms with E-state index in [2.05, 4.69) is 20.1 Å². The van der Waals surface area contributed by atoms with Gasteiger partial charge >= 0.3 is 5.97 Å². The van der Waals surface area contributed by atoms with Crippen LogP contribution >= 0.6 is 0 Å². The van der Waals surface area contributed by atoms with Crippen LogP contribution in [0.25, 0.3) is 0 Å². The highest BCUT2D eigenvalue weighted by atomic mass is 32.2. The van der Waals surface area contributed by atoms with E-state index in [1.807, 2.05) is 0 Å². The van der Waals surface area contributed by atoms with E-state index in [0.29, 0.717) is 11.4 Å². The van der Waals surface area contributed by atoms with Crippen molar-refractivity contribution in [3.05, 3.63) is 22.6 Å². The van der Waals surface area contributed by atoms with Crippen molar-refractivity contribution in [3.8, 4) is 0 Å². The Kier molecular flexibility index (Phi) is 4.22. The molecule has 0 bridgehead atoms. The van der Waals surface area contributed by atoms with Crippen molar-refractivity contribution in [2.75, 3.05) is 11.3 Å². The number of hydrogen-bond donors (Lipinski definition) is 2. The molecule has 2 rings (SSSR count). The first-order valence-electron chi connectivity index (χ1n) is 6.45. The second-order valence-electron chi connectivity index (χ2n) is 4.56. The predicted molar refractivity (Wildman–Crippen MR) is 76.1 cm³/mol. The van der Waals surface area contributed by atoms with Gasteiger partial charge in [-0.2, -0.15) is 5.10 Å². The van der Waals surface area contributed by atoms with Gasteiger partial charge in [0.2, 0.25) is 0 Å². The highest BCUT2D eigenvalue weighted by Gasteiger charge is 2.29. The fraction of sp³-hybridized carbons (Fsp3) is 0.417. The Morgan fingerprint density at radius 1 is 1.32 bits per heavy atom. The van der Waals surface area contributed by atoms with E-state index in [0.717, 1.165) is 0 Å². The summed E-state index contributed by atoms with van der Waals surface area (Å²) in [5, 5.41) is 10.0. The lowest BCUT2D eigenvalue weighted by atomic mass is 10.2. The molecule has 2 aromatic heterocycles. The van der Waals surface area contributed by atoms with Gasteiger partial charge in [-0.25, -0.2) is 17.9 Å². The number of aryl methyl sites for hydroxylation is 3. The van der Waals surface area contributed by atoms with Gasteiger partial charge in [0.15, 0.2) is 0 Å². The zero-order valence-electron chi connectivity index (χ0n) is 12.6. The van der Waals surface area contributed by atoms with Crippen LogP contribution in [-0.4, -0.2) is 36.3 Å². The monoisotopic (exact) mass is 328 g/mol. The SMILES string of the molecule is CCOC(=O)c1c(C)noc1NS(=O)(=O)c1c(C)n[nH]c1C. The van der Waals surface area contributed by atoms with Crippen LogP contribution in [0.2, 0.25) is 0 Å². The molecule has 0 aliphatic rings. The lowest BCUT2D eigenvalue weighted by Crippen LogP contribution is -2.17. The number of aromatic nitrogens is 3. The average molecular weight is 328 g/mol. The standard InChI is InChI=1S/C12H16N4O5S/c1-5-20-12(17)9-6(2)15-21-11(9)16-22(18,19)10-7(3)13-14-8(10)4/h16H,5H2,1-4H3,(H,13,14). The van der Waals surface area contributed by atoms with Crippen LogP contribution in [0.5, 0.6) is 0 Å². The van der Waals surface area contributed by atoms with Gasteiger partial charge in [-0.15, -0.1) is 0 Å². The molecule has 0 saturated heterocycles. The second-order valence-corrected chi connectivity index (χ2v) is 6.18. The molecule has 0 aromatic carbocycles. The number of H-pyrrole nitrogens is 1. The van der Waals surface area contributed by atoms with Crippen molar-refractivity contribution in [1.29, 1.82) is 0 Å². The average Bonchev–Trinajstić information content (AvgIpc) is 2.93. The molecule has 120 valence electrons. The minimum Gasteiger partial charge on any atom is -0.462 e. The van der Waals surface area contributed by atoms with Crippen LogP contribution in [0.15, 0.2) is 9.42 Å². The Hall–Kier alpha value is -2.36. The maximum atomic E-state index is 12.4. The van der Waals surface area contributed by atoms with Crippen molar-refractivity contribution in [2.24, 2.45) is 0 Å². The van der Waals surface area contributed by atoms with Crippen LogP contribution in [-0.2, 0) is 14.8 Å². The number of hydrogen-bond acceptors (Lipinski definition) is 7. The van der Waals surface area contributed by atoms with Crippen LogP contribution in [0, 0.1) is 20.8 Å². The van der Waals surface area contributed by atoms with Crippen molar-refractivity contribution >= 4 is 21.9 Å². The molecule has 0 atom stereocenters. The number of ether oxygens (including phenoxy) is 1. The Balaban J connectivity index is 2.42. The summed E-state index contributed by atoms with van der Waals surface area (Å²) < 4.78 is 36.9. The Labute approximate surface area is 127 Å². The largest absolute Gasteiger partial charge is 0.462 e. The zero-order chi connectivity index (χ0) is 16.5. The van der Waals surface area contributed by atoms with Crippen LogP contribution < -0.4 is 4.72 Å². The van der Waals surface area contributed by atoms with E-state index >= 15 is 0 Å². The molecule has 0 spiro atoms. The first kappa shape index (κ1) is 16.0. The van der Waals surface area contributed by atoms with Crippen molar-refractivity contribution in [1.82, 2.24) is 15.4 Å². The molecule has 0 fully saturated rings. The quantitative estimate of drug-likeness (QED) is 0.792. The lowest BCUT2D eigenvalue weighted by molar-refractivity contribution is 0.0526. The fourth-order valence-electron chi connectivity index (χ4n) is 1.99. The van der Waals surface area contributed by atoms with Crippen molar-refractivity contribution in [2.45, 2.75) is 32.6 Å². The second kappa shape index (κ2) is 5.79. The Morgan fingerprint density at radius 3 is 2.55 bits per heavy atom. The molecule has 0 unspecified atom stereocenters. The third-order valence-electron chi connectivity index (χ3n) is 2.90. The molecule has 0 radical (unpaired) electrons. The Morgan fingerprint density at radius 2 is 2.00 bits per heavy atom. The summed E-state index contributed by atoms with van der Waals surface area (Å²) in [6.45, 7) is 6.43. The van der Waals surface area contributed by atoms with Gasteiger partial charge in [0, 0.05) is 0 Å². The fourth-order valence-corrected chi connectivity index (χ4v) is 3.36. The molecule has 2 heterocycles. The molecule has 9 nitrogen and oxygen atoms in total. The molecule has 10 heteroatoms. The van der Waals surface area contributed by atoms with Crippen molar-refractivity contribution in [3.63, 3.8) is 0 Å². The predicted octanol–water partition coefficient (Wildman–Crippen LogP) is 1.30. The summed E-state index contributed by atoms with van der Waals surface area (Å²) in [5.74, 6) is -0.990. The van der Waals surface area contributed by atoms with Gasteiger partial charge in [0.05, 0.1) is 23.7 Å². The summed E-state index contributed by atoms with van der Waals surface area (Å²) >= 11 is 0. The number of anilines is 1. The van der Waals surface area contributed by atoms with E-state index < -0.39 is 16.0 Å². The molecular weight excluding hydrogens is 312 g/mol. The van der Waals surface area contributed by atoms with E-state index in [4.69, 9.17) is 9.26 Å². The first-order chi connectivity index (χ1) is 10.3. The zero-order valence-corrected chi connectivity index (χ0v) is 13.4. The smallest absolute Gasteiger partial charge is 0.345 e. The first-order valence-corrected chi connectivity index (χ1v) is 7.94. The normalized spacial score (nSPS) is 11.5. The highest BCUT2D eigenvalue weighted by Crippen LogP contribution is 2.25. The molecule has 2 aromatic rings. The van der Waals surface area contributed by atoms with Gasteiger partial charge in [-0.1, -0.05) is 5.16 Å². The summed E-state index contributed by atoms with van der Waals surface area (Å²) in [4.78, 5) is 11.9. The number of esters is 1. The highest BCUT2D eigenvalue weighted by molar-refractivity contribution is 7.92. The van der Waals surface area contributed by atoms with Crippen LogP contribution in [0.3, 0.4) is 0 Å². The third kappa shape index (κ3) is 2.82. The molecule has 0 amide bonds. The van der Waals surface area contributed by atoms with E-state index in [9.17, 15) is 13.2 Å². The maximum Gasteiger partial charge on any atom is 0.345 e. The van der Waals surface area contributed by atoms with Gasteiger partial charge < -0.3 is 9.26 Å². The number of nitrogens with one attached hydrogen (secondary N) is 2. The number of sulfonamides is 1. The molecule has 22 heavy (non-hydrogen) atoms. The lowest BCUT2D eigenvalue weighted by Gasteiger charge is -2.07. The van der Waals surface area contributed by atoms with Crippen LogP contribution in [0.4, 0.5) is 5.88 Å². The van der Waals surface area contributed by atoms with Gasteiger partial charge in [0.1, 0.15) is 10.5 Å². The Bertz CT molecular complexity index is 786. The molecule has 2 N–H and O–H groups in total. The number of nitrogens with zero attached hydrogens (tertiary/aromatic N) is 2. The topological polar surface area (TPSA) is 127 Å². The van der Waals surface area contributed by atoms with Gasteiger partial charge in [0.25, 0.3) is 15.9 Å². The molecular formula is C12H16N4O5S. The van der Waals surface area contributed by atoms with E-state index in [1.165, 1.54) is 6.92 Å². The molecule has 0 aliphatic heterocycles. The maximum absolute atomic E-state index is 12.4. The number of rotatable bonds is 5. The minimum absolute atomic E-state index is 0.00337. The molecule has 0 aliphatic carbocycles. The van der Waals surface area contributed by atoms with Crippen LogP contribution in [0.1, 0.15) is 34.4 Å². The summed E-state index contributed by atoms with van der Waals surface area (Å²) in [5.41, 5.74) is 0.860. The summed E-state index contributed by atoms with van der Waals surface area (Å²) in [6, 6.07) is 0. The summed E-state index contributed by atoms with van der Waals surface area (Å²) in [6.07, 6.45) is 0.